The maximum atomic E-state index is 13.1. The Kier molecular flexibility index (Phi) is 6.05. The number of rotatable bonds is 4. The van der Waals surface area contributed by atoms with Crippen molar-refractivity contribution in [1.29, 1.82) is 5.26 Å². The van der Waals surface area contributed by atoms with E-state index in [-0.39, 0.29) is 5.92 Å². The van der Waals surface area contributed by atoms with Gasteiger partial charge in [-0.2, -0.15) is 10.4 Å². The molecule has 2 fully saturated rings. The highest BCUT2D eigenvalue weighted by atomic mass is 16.2. The van der Waals surface area contributed by atoms with Gasteiger partial charge in [0.15, 0.2) is 0 Å². The van der Waals surface area contributed by atoms with Crippen LogP contribution in [-0.2, 0) is 11.8 Å². The first kappa shape index (κ1) is 22.1. The molecule has 1 amide bonds. The number of pyridine rings is 1. The van der Waals surface area contributed by atoms with E-state index >= 15 is 0 Å². The van der Waals surface area contributed by atoms with E-state index in [4.69, 9.17) is 0 Å². The molecule has 3 aromatic rings. The number of anilines is 1. The Morgan fingerprint density at radius 1 is 1.24 bits per heavy atom. The Labute approximate surface area is 199 Å². The van der Waals surface area contributed by atoms with Gasteiger partial charge in [-0.1, -0.05) is 0 Å². The number of carbonyl (C=O) groups excluding carboxylic acids is 1. The summed E-state index contributed by atoms with van der Waals surface area (Å²) in [5, 5.41) is 15.1. The van der Waals surface area contributed by atoms with Crippen molar-refractivity contribution in [2.75, 3.05) is 38.1 Å². The number of amides is 1. The molecular weight excluding hydrogens is 428 g/mol. The molecule has 0 bridgehead atoms. The third-order valence-electron chi connectivity index (χ3n) is 7.19. The molecule has 176 valence electrons. The first-order chi connectivity index (χ1) is 16.6. The van der Waals surface area contributed by atoms with Crippen LogP contribution in [0.5, 0.6) is 0 Å². The van der Waals surface area contributed by atoms with Crippen molar-refractivity contribution in [3.63, 3.8) is 0 Å². The van der Waals surface area contributed by atoms with Gasteiger partial charge in [0, 0.05) is 70.4 Å². The molecule has 4 heterocycles. The fourth-order valence-corrected chi connectivity index (χ4v) is 5.39. The van der Waals surface area contributed by atoms with Gasteiger partial charge < -0.3 is 19.8 Å². The molecule has 2 aliphatic rings. The van der Waals surface area contributed by atoms with Gasteiger partial charge in [0.25, 0.3) is 0 Å². The lowest BCUT2D eigenvalue weighted by Crippen LogP contribution is -2.50. The van der Waals surface area contributed by atoms with Crippen LogP contribution < -0.4 is 4.90 Å². The maximum absolute atomic E-state index is 13.1. The van der Waals surface area contributed by atoms with Crippen molar-refractivity contribution < 1.29 is 4.79 Å². The molecule has 34 heavy (non-hydrogen) atoms. The molecule has 0 spiro atoms. The number of nitrogens with zero attached hydrogens (tertiary/aromatic N) is 7. The highest BCUT2D eigenvalue weighted by Crippen LogP contribution is 2.35. The average Bonchev–Trinajstić information content (AvgIpc) is 3.47. The van der Waals surface area contributed by atoms with Gasteiger partial charge in [-0.3, -0.25) is 9.48 Å². The van der Waals surface area contributed by atoms with Gasteiger partial charge in [-0.15, -0.1) is 0 Å². The van der Waals surface area contributed by atoms with Crippen LogP contribution in [0.2, 0.25) is 0 Å². The Hall–Kier alpha value is -3.67. The first-order valence-electron chi connectivity index (χ1n) is 11.9. The second-order valence-corrected chi connectivity index (χ2v) is 9.27. The smallest absolute Gasteiger partial charge is 0.225 e. The van der Waals surface area contributed by atoms with E-state index in [0.29, 0.717) is 36.1 Å². The van der Waals surface area contributed by atoms with Crippen molar-refractivity contribution in [3.05, 3.63) is 30.2 Å². The van der Waals surface area contributed by atoms with E-state index in [1.807, 2.05) is 37.5 Å². The van der Waals surface area contributed by atoms with Crippen LogP contribution in [0.3, 0.4) is 0 Å². The van der Waals surface area contributed by atoms with E-state index in [0.717, 1.165) is 61.1 Å². The predicted octanol–water partition coefficient (Wildman–Crippen LogP) is 2.99. The quantitative estimate of drug-likeness (QED) is 0.605. The van der Waals surface area contributed by atoms with Gasteiger partial charge in [0.05, 0.1) is 28.5 Å². The zero-order chi connectivity index (χ0) is 23.7. The van der Waals surface area contributed by atoms with Crippen LogP contribution in [0, 0.1) is 23.2 Å². The normalized spacial score (nSPS) is 21.3. The van der Waals surface area contributed by atoms with Gasteiger partial charge in [-0.05, 0) is 37.7 Å². The third-order valence-corrected chi connectivity index (χ3v) is 7.19. The number of piperazine rings is 1. The van der Waals surface area contributed by atoms with Crippen LogP contribution in [0.4, 0.5) is 5.69 Å². The molecule has 5 rings (SSSR count). The van der Waals surface area contributed by atoms with Gasteiger partial charge in [0.2, 0.25) is 5.91 Å². The van der Waals surface area contributed by atoms with Crippen molar-refractivity contribution in [1.82, 2.24) is 24.6 Å². The minimum Gasteiger partial charge on any atom is -0.367 e. The topological polar surface area (TPSA) is 106 Å². The molecule has 3 aromatic heterocycles. The van der Waals surface area contributed by atoms with E-state index in [1.165, 1.54) is 0 Å². The van der Waals surface area contributed by atoms with E-state index in [1.54, 1.807) is 17.1 Å². The first-order valence-corrected chi connectivity index (χ1v) is 11.9. The zero-order valence-electron chi connectivity index (χ0n) is 19.7. The summed E-state index contributed by atoms with van der Waals surface area (Å²) in [5.74, 6) is 0.953. The Morgan fingerprint density at radius 3 is 2.65 bits per heavy atom. The lowest BCUT2D eigenvalue weighted by molar-refractivity contribution is -0.137. The summed E-state index contributed by atoms with van der Waals surface area (Å²) in [6.45, 7) is 2.86. The van der Waals surface area contributed by atoms with Gasteiger partial charge in [0.1, 0.15) is 11.7 Å². The van der Waals surface area contributed by atoms with Crippen LogP contribution in [0.1, 0.15) is 31.2 Å². The van der Waals surface area contributed by atoms with Crippen molar-refractivity contribution in [3.8, 4) is 17.3 Å². The molecule has 1 saturated carbocycles. The third kappa shape index (κ3) is 4.04. The summed E-state index contributed by atoms with van der Waals surface area (Å²) >= 11 is 0. The number of aryl methyl sites for hydroxylation is 1. The number of aromatic amines is 1. The minimum absolute atomic E-state index is 0.137. The van der Waals surface area contributed by atoms with Crippen molar-refractivity contribution >= 4 is 28.8 Å². The second kappa shape index (κ2) is 9.29. The number of H-pyrrole nitrogens is 1. The number of nitriles is 1. The molecule has 0 atom stereocenters. The lowest BCUT2D eigenvalue weighted by atomic mass is 9.82. The molecule has 0 aromatic carbocycles. The monoisotopic (exact) mass is 458 g/mol. The number of fused-ring (bicyclic) bond motifs is 1. The van der Waals surface area contributed by atoms with E-state index < -0.39 is 0 Å². The number of hydrogen-bond donors (Lipinski definition) is 1. The van der Waals surface area contributed by atoms with Crippen LogP contribution >= 0.6 is 0 Å². The van der Waals surface area contributed by atoms with Crippen molar-refractivity contribution in [2.45, 2.75) is 25.7 Å². The molecule has 0 radical (unpaired) electrons. The van der Waals surface area contributed by atoms with Crippen molar-refractivity contribution in [2.24, 2.45) is 23.9 Å². The summed E-state index contributed by atoms with van der Waals surface area (Å²) in [6, 6.07) is 4.35. The molecular formula is C25H30N8O. The molecule has 9 nitrogen and oxygen atoms in total. The van der Waals surface area contributed by atoms with E-state index in [9.17, 15) is 10.1 Å². The largest absolute Gasteiger partial charge is 0.367 e. The zero-order valence-corrected chi connectivity index (χ0v) is 19.7. The SMILES string of the molecule is CN=C[C@H]1CC[C@H](C(=O)N2CCN(c3ccnc4[nH]c(-c5cnn(C)c5)c(C#N)c34)CC2)CC1. The summed E-state index contributed by atoms with van der Waals surface area (Å²) < 4.78 is 1.72. The molecule has 1 aliphatic heterocycles. The summed E-state index contributed by atoms with van der Waals surface area (Å²) in [6.07, 6.45) is 11.4. The minimum atomic E-state index is 0.137. The van der Waals surface area contributed by atoms with Crippen LogP contribution in [-0.4, -0.2) is 70.0 Å². The average molecular weight is 459 g/mol. The molecule has 1 saturated heterocycles. The molecule has 1 aliphatic carbocycles. The summed E-state index contributed by atoms with van der Waals surface area (Å²) in [4.78, 5) is 29.4. The summed E-state index contributed by atoms with van der Waals surface area (Å²) in [5.41, 5.74) is 3.86. The fraction of sp³-hybridized carbons (Fsp3) is 0.480. The van der Waals surface area contributed by atoms with Crippen LogP contribution in [0.25, 0.3) is 22.3 Å². The standard InChI is InChI=1S/C25H30N8O/c1-27-14-17-3-5-18(6-4-17)25(34)33-11-9-32(10-12-33)21-7-8-28-24-22(21)20(13-26)23(30-24)19-15-29-31(2)16-19/h7-8,14-18H,3-6,9-12H2,1-2H3,(H,28,30)/t17-,18-. The molecule has 0 unspecified atom stereocenters. The van der Waals surface area contributed by atoms with Crippen LogP contribution in [0.15, 0.2) is 29.6 Å². The lowest BCUT2D eigenvalue weighted by Gasteiger charge is -2.38. The summed E-state index contributed by atoms with van der Waals surface area (Å²) in [7, 11) is 3.67. The Morgan fingerprint density at radius 2 is 2.00 bits per heavy atom. The van der Waals surface area contributed by atoms with E-state index in [2.05, 4.69) is 31.0 Å². The number of aromatic nitrogens is 4. The highest BCUT2D eigenvalue weighted by Gasteiger charge is 2.31. The molecule has 1 N–H and O–H groups in total. The fourth-order valence-electron chi connectivity index (χ4n) is 5.39. The predicted molar refractivity (Wildman–Crippen MR) is 132 cm³/mol. The number of nitrogens with one attached hydrogen (secondary N) is 1. The number of hydrogen-bond acceptors (Lipinski definition) is 6. The second-order valence-electron chi connectivity index (χ2n) is 9.27. The van der Waals surface area contributed by atoms with Gasteiger partial charge in [-0.25, -0.2) is 4.98 Å². The molecule has 9 heteroatoms. The Bertz CT molecular complexity index is 1250. The maximum Gasteiger partial charge on any atom is 0.225 e. The van der Waals surface area contributed by atoms with Gasteiger partial charge >= 0.3 is 0 Å². The highest BCUT2D eigenvalue weighted by molar-refractivity contribution is 6.00. The Balaban J connectivity index is 1.32. The number of aliphatic imine (C=N–C) groups is 1. The number of carbonyl (C=O) groups is 1.